The van der Waals surface area contributed by atoms with Gasteiger partial charge >= 0.3 is 0 Å². The normalized spacial score (nSPS) is 13.6. The van der Waals surface area contributed by atoms with E-state index in [0.29, 0.717) is 35.6 Å². The number of carbonyl (C=O) groups excluding carboxylic acids is 3. The van der Waals surface area contributed by atoms with Crippen LogP contribution < -0.4 is 20.5 Å². The van der Waals surface area contributed by atoms with Crippen molar-refractivity contribution in [2.24, 2.45) is 0 Å². The van der Waals surface area contributed by atoms with E-state index in [0.717, 1.165) is 28.9 Å². The summed E-state index contributed by atoms with van der Waals surface area (Å²) in [5, 5.41) is 3.39. The number of thiazole rings is 1. The molecule has 206 valence electrons. The lowest BCUT2D eigenvalue weighted by atomic mass is 9.97. The predicted molar refractivity (Wildman–Crippen MR) is 154 cm³/mol. The summed E-state index contributed by atoms with van der Waals surface area (Å²) >= 11 is 1.41. The number of para-hydroxylation sites is 1. The number of aromatic nitrogens is 2. The highest BCUT2D eigenvalue weighted by Crippen LogP contribution is 2.32. The van der Waals surface area contributed by atoms with Gasteiger partial charge in [-0.3, -0.25) is 25.2 Å². The first-order chi connectivity index (χ1) is 19.3. The number of ether oxygens (including phenoxy) is 1. The minimum absolute atomic E-state index is 0.131. The highest BCUT2D eigenvalue weighted by Gasteiger charge is 2.28. The molecule has 11 heteroatoms. The number of methoxy groups -OCH3 is 1. The maximum absolute atomic E-state index is 13.2. The van der Waals surface area contributed by atoms with E-state index >= 15 is 0 Å². The number of rotatable bonds is 6. The van der Waals surface area contributed by atoms with Crippen LogP contribution in [0.25, 0.3) is 10.9 Å². The molecule has 0 aliphatic carbocycles. The van der Waals surface area contributed by atoms with Gasteiger partial charge in [0.05, 0.1) is 17.6 Å². The summed E-state index contributed by atoms with van der Waals surface area (Å²) in [6, 6.07) is 16.3. The standard InChI is InChI=1S/C29H30N6O4S/c1-34(2)20-10-8-18(9-11-20)26(36)32-33-27(37)24-17-40-28(31-24)19-12-14-35(15-13-19)29(38)23-16-25(39-3)21-6-4-5-7-22(21)30-23/h4-11,16-17,19H,12-15H2,1-3H3,(H,32,36)(H,33,37). The van der Waals surface area contributed by atoms with Crippen molar-refractivity contribution in [2.75, 3.05) is 39.2 Å². The molecular formula is C29H30N6O4S. The molecule has 3 amide bonds. The van der Waals surface area contributed by atoms with Gasteiger partial charge in [0.2, 0.25) is 0 Å². The van der Waals surface area contributed by atoms with Gasteiger partial charge in [0.25, 0.3) is 17.7 Å². The summed E-state index contributed by atoms with van der Waals surface area (Å²) in [4.78, 5) is 51.1. The van der Waals surface area contributed by atoms with Crippen LogP contribution in [0, 0.1) is 0 Å². The number of benzene rings is 2. The number of piperidine rings is 1. The van der Waals surface area contributed by atoms with Gasteiger partial charge in [-0.25, -0.2) is 9.97 Å². The van der Waals surface area contributed by atoms with Crippen LogP contribution >= 0.6 is 11.3 Å². The Kier molecular flexibility index (Phi) is 7.92. The molecule has 10 nitrogen and oxygen atoms in total. The number of amides is 3. The maximum atomic E-state index is 13.2. The van der Waals surface area contributed by atoms with E-state index < -0.39 is 11.8 Å². The minimum Gasteiger partial charge on any atom is -0.496 e. The molecule has 5 rings (SSSR count). The van der Waals surface area contributed by atoms with Crippen molar-refractivity contribution >= 4 is 45.6 Å². The lowest BCUT2D eigenvalue weighted by Gasteiger charge is -2.31. The van der Waals surface area contributed by atoms with Crippen LogP contribution in [0.2, 0.25) is 0 Å². The molecule has 0 radical (unpaired) electrons. The van der Waals surface area contributed by atoms with E-state index in [9.17, 15) is 14.4 Å². The molecule has 3 heterocycles. The van der Waals surface area contributed by atoms with Crippen LogP contribution in [0.4, 0.5) is 5.69 Å². The second-order valence-electron chi connectivity index (χ2n) is 9.71. The topological polar surface area (TPSA) is 117 Å². The molecule has 2 aromatic carbocycles. The summed E-state index contributed by atoms with van der Waals surface area (Å²) in [7, 11) is 5.42. The van der Waals surface area contributed by atoms with Crippen LogP contribution in [0.15, 0.2) is 60.0 Å². The number of nitrogens with zero attached hydrogens (tertiary/aromatic N) is 4. The zero-order valence-corrected chi connectivity index (χ0v) is 23.3. The molecule has 1 aliphatic heterocycles. The van der Waals surface area contributed by atoms with Crippen molar-refractivity contribution in [1.82, 2.24) is 25.7 Å². The van der Waals surface area contributed by atoms with Gasteiger partial charge in [-0.05, 0) is 49.2 Å². The second kappa shape index (κ2) is 11.7. The number of carbonyl (C=O) groups is 3. The summed E-state index contributed by atoms with van der Waals surface area (Å²) in [5.74, 6) is -0.265. The molecule has 40 heavy (non-hydrogen) atoms. The number of hydrazine groups is 1. The lowest BCUT2D eigenvalue weighted by molar-refractivity contribution is 0.0706. The quantitative estimate of drug-likeness (QED) is 0.345. The Balaban J connectivity index is 1.15. The van der Waals surface area contributed by atoms with E-state index in [1.165, 1.54) is 11.3 Å². The maximum Gasteiger partial charge on any atom is 0.289 e. The number of hydrogen-bond acceptors (Lipinski definition) is 8. The van der Waals surface area contributed by atoms with Crippen molar-refractivity contribution < 1.29 is 19.1 Å². The first-order valence-corrected chi connectivity index (χ1v) is 13.8. The van der Waals surface area contributed by atoms with Gasteiger partial charge < -0.3 is 14.5 Å². The van der Waals surface area contributed by atoms with E-state index in [1.54, 1.807) is 35.6 Å². The molecule has 0 unspecified atom stereocenters. The fourth-order valence-corrected chi connectivity index (χ4v) is 5.62. The SMILES string of the molecule is COc1cc(C(=O)N2CCC(c3nc(C(=O)NNC(=O)c4ccc(N(C)C)cc4)cs3)CC2)nc2ccccc12. The first kappa shape index (κ1) is 27.1. The smallest absolute Gasteiger partial charge is 0.289 e. The molecule has 1 fully saturated rings. The van der Waals surface area contributed by atoms with E-state index in [-0.39, 0.29) is 17.5 Å². The highest BCUT2D eigenvalue weighted by molar-refractivity contribution is 7.09. The average molecular weight is 559 g/mol. The lowest BCUT2D eigenvalue weighted by Crippen LogP contribution is -2.41. The van der Waals surface area contributed by atoms with Gasteiger partial charge in [-0.15, -0.1) is 11.3 Å². The van der Waals surface area contributed by atoms with E-state index in [1.807, 2.05) is 55.4 Å². The third-order valence-corrected chi connectivity index (χ3v) is 7.95. The van der Waals surface area contributed by atoms with Gasteiger partial charge in [-0.1, -0.05) is 12.1 Å². The Morgan fingerprint density at radius 1 is 0.950 bits per heavy atom. The van der Waals surface area contributed by atoms with Crippen LogP contribution in [-0.4, -0.2) is 66.9 Å². The number of hydrogen-bond donors (Lipinski definition) is 2. The third kappa shape index (κ3) is 5.74. The molecule has 2 aromatic heterocycles. The number of nitrogens with one attached hydrogen (secondary N) is 2. The molecule has 0 atom stereocenters. The minimum atomic E-state index is -0.482. The van der Waals surface area contributed by atoms with Crippen molar-refractivity contribution in [1.29, 1.82) is 0 Å². The summed E-state index contributed by atoms with van der Waals surface area (Å²) in [6.07, 6.45) is 1.45. The van der Waals surface area contributed by atoms with Crippen molar-refractivity contribution in [3.05, 3.63) is 81.9 Å². The average Bonchev–Trinajstić information content (AvgIpc) is 3.49. The number of anilines is 1. The largest absolute Gasteiger partial charge is 0.496 e. The van der Waals surface area contributed by atoms with Gasteiger partial charge in [0.1, 0.15) is 17.1 Å². The molecular weight excluding hydrogens is 528 g/mol. The fourth-order valence-electron chi connectivity index (χ4n) is 4.65. The Morgan fingerprint density at radius 2 is 1.65 bits per heavy atom. The molecule has 0 saturated carbocycles. The molecule has 1 aliphatic rings. The Labute approximate surface area is 236 Å². The van der Waals surface area contributed by atoms with Crippen molar-refractivity contribution in [2.45, 2.75) is 18.8 Å². The number of pyridine rings is 1. The number of likely N-dealkylation sites (tertiary alicyclic amines) is 1. The molecule has 0 spiro atoms. The second-order valence-corrected chi connectivity index (χ2v) is 10.6. The van der Waals surface area contributed by atoms with Crippen LogP contribution in [0.5, 0.6) is 5.75 Å². The predicted octanol–water partition coefficient (Wildman–Crippen LogP) is 3.86. The van der Waals surface area contributed by atoms with Gasteiger partial charge in [-0.2, -0.15) is 0 Å². The Morgan fingerprint density at radius 3 is 2.35 bits per heavy atom. The first-order valence-electron chi connectivity index (χ1n) is 12.9. The monoisotopic (exact) mass is 558 g/mol. The van der Waals surface area contributed by atoms with Crippen molar-refractivity contribution in [3.8, 4) is 5.75 Å². The molecule has 4 aromatic rings. The van der Waals surface area contributed by atoms with Gasteiger partial charge in [0.15, 0.2) is 0 Å². The third-order valence-electron chi connectivity index (χ3n) is 6.94. The molecule has 0 bridgehead atoms. The summed E-state index contributed by atoms with van der Waals surface area (Å²) < 4.78 is 5.49. The number of fused-ring (bicyclic) bond motifs is 1. The van der Waals surface area contributed by atoms with Crippen LogP contribution in [0.1, 0.15) is 55.1 Å². The van der Waals surface area contributed by atoms with E-state index in [4.69, 9.17) is 4.74 Å². The zero-order valence-electron chi connectivity index (χ0n) is 22.5. The van der Waals surface area contributed by atoms with Gasteiger partial charge in [0, 0.05) is 61.2 Å². The van der Waals surface area contributed by atoms with Crippen molar-refractivity contribution in [3.63, 3.8) is 0 Å². The van der Waals surface area contributed by atoms with Crippen LogP contribution in [-0.2, 0) is 0 Å². The Bertz CT molecular complexity index is 1540. The molecule has 2 N–H and O–H groups in total. The summed E-state index contributed by atoms with van der Waals surface area (Å²) in [6.45, 7) is 1.12. The fraction of sp³-hybridized carbons (Fsp3) is 0.276. The molecule has 1 saturated heterocycles. The summed E-state index contributed by atoms with van der Waals surface area (Å²) in [5.41, 5.74) is 7.60. The Hall–Kier alpha value is -4.51. The zero-order chi connectivity index (χ0) is 28.2. The van der Waals surface area contributed by atoms with Crippen LogP contribution in [0.3, 0.4) is 0 Å². The highest BCUT2D eigenvalue weighted by atomic mass is 32.1. The van der Waals surface area contributed by atoms with E-state index in [2.05, 4.69) is 20.8 Å².